The molecule has 0 aliphatic heterocycles. The van der Waals surface area contributed by atoms with Crippen molar-refractivity contribution in [1.29, 1.82) is 0 Å². The van der Waals surface area contributed by atoms with Gasteiger partial charge in [0.15, 0.2) is 0 Å². The van der Waals surface area contributed by atoms with Gasteiger partial charge in [-0.15, -0.1) is 0 Å². The summed E-state index contributed by atoms with van der Waals surface area (Å²) >= 11 is 0. The minimum Gasteiger partial charge on any atom is -0.380 e. The van der Waals surface area contributed by atoms with Gasteiger partial charge in [0.25, 0.3) is 0 Å². The largest absolute Gasteiger partial charge is 0.380 e. The van der Waals surface area contributed by atoms with Crippen molar-refractivity contribution in [3.63, 3.8) is 0 Å². The number of halogens is 1. The minimum atomic E-state index is -1.07. The second-order valence-corrected chi connectivity index (χ2v) is 5.68. The Bertz CT molecular complexity index is 635. The fourth-order valence-electron chi connectivity index (χ4n) is 3.29. The molecule has 1 aliphatic rings. The molecule has 0 saturated carbocycles. The normalized spacial score (nSPS) is 22.1. The van der Waals surface area contributed by atoms with E-state index in [2.05, 4.69) is 6.07 Å². The Morgan fingerprint density at radius 2 is 1.85 bits per heavy atom. The predicted octanol–water partition coefficient (Wildman–Crippen LogP) is 4.10. The second kappa shape index (κ2) is 5.02. The maximum Gasteiger partial charge on any atom is 0.123 e. The molecular formula is C18H19FO. The number of fused-ring (bicyclic) bond motifs is 1. The smallest absolute Gasteiger partial charge is 0.123 e. The lowest BCUT2D eigenvalue weighted by molar-refractivity contribution is 0.0695. The van der Waals surface area contributed by atoms with Gasteiger partial charge in [-0.25, -0.2) is 4.39 Å². The van der Waals surface area contributed by atoms with Gasteiger partial charge < -0.3 is 5.11 Å². The van der Waals surface area contributed by atoms with Crippen molar-refractivity contribution in [1.82, 2.24) is 0 Å². The predicted molar refractivity (Wildman–Crippen MR) is 78.1 cm³/mol. The van der Waals surface area contributed by atoms with Gasteiger partial charge in [0.05, 0.1) is 0 Å². The van der Waals surface area contributed by atoms with Crippen LogP contribution in [-0.2, 0) is 12.0 Å². The van der Waals surface area contributed by atoms with Crippen LogP contribution in [0.1, 0.15) is 41.5 Å². The standard InChI is InChI=1S/C18H19FO/c1-13-9-10-15(19)12-17(13)18(20)11-5-4-7-14-6-2-3-8-16(14)18/h2-3,6,8-10,12,20H,4-5,7,11H2,1H3. The zero-order valence-corrected chi connectivity index (χ0v) is 11.7. The Hall–Kier alpha value is -1.67. The van der Waals surface area contributed by atoms with Crippen LogP contribution in [0.4, 0.5) is 4.39 Å². The Balaban J connectivity index is 2.22. The fourth-order valence-corrected chi connectivity index (χ4v) is 3.29. The molecule has 0 fully saturated rings. The molecule has 0 spiro atoms. The average Bonchev–Trinajstić information content (AvgIpc) is 2.62. The van der Waals surface area contributed by atoms with Crippen molar-refractivity contribution in [2.75, 3.05) is 0 Å². The summed E-state index contributed by atoms with van der Waals surface area (Å²) < 4.78 is 13.6. The van der Waals surface area contributed by atoms with Gasteiger partial charge in [0.1, 0.15) is 11.4 Å². The maximum atomic E-state index is 13.6. The number of hydrogen-bond acceptors (Lipinski definition) is 1. The third kappa shape index (κ3) is 2.14. The molecule has 1 unspecified atom stereocenters. The van der Waals surface area contributed by atoms with Crippen LogP contribution in [-0.4, -0.2) is 5.11 Å². The first-order valence-electron chi connectivity index (χ1n) is 7.19. The molecule has 2 aromatic carbocycles. The number of aryl methyl sites for hydroxylation is 2. The summed E-state index contributed by atoms with van der Waals surface area (Å²) in [6.45, 7) is 1.93. The molecule has 3 rings (SSSR count). The average molecular weight is 270 g/mol. The molecule has 1 aliphatic carbocycles. The second-order valence-electron chi connectivity index (χ2n) is 5.68. The summed E-state index contributed by atoms with van der Waals surface area (Å²) in [5, 5.41) is 11.3. The van der Waals surface area contributed by atoms with Crippen molar-refractivity contribution < 1.29 is 9.50 Å². The summed E-state index contributed by atoms with van der Waals surface area (Å²) in [6.07, 6.45) is 3.63. The first-order chi connectivity index (χ1) is 9.61. The molecule has 0 amide bonds. The number of rotatable bonds is 1. The molecule has 0 bridgehead atoms. The van der Waals surface area contributed by atoms with Crippen LogP contribution in [0.15, 0.2) is 42.5 Å². The van der Waals surface area contributed by atoms with E-state index in [1.807, 2.05) is 25.1 Å². The van der Waals surface area contributed by atoms with E-state index in [4.69, 9.17) is 0 Å². The van der Waals surface area contributed by atoms with Gasteiger partial charge in [0.2, 0.25) is 0 Å². The van der Waals surface area contributed by atoms with Crippen molar-refractivity contribution in [2.45, 2.75) is 38.2 Å². The monoisotopic (exact) mass is 270 g/mol. The van der Waals surface area contributed by atoms with E-state index in [-0.39, 0.29) is 5.82 Å². The lowest BCUT2D eigenvalue weighted by atomic mass is 9.80. The molecule has 20 heavy (non-hydrogen) atoms. The molecule has 0 radical (unpaired) electrons. The fraction of sp³-hybridized carbons (Fsp3) is 0.333. The summed E-state index contributed by atoms with van der Waals surface area (Å²) in [6, 6.07) is 12.7. The van der Waals surface area contributed by atoms with Gasteiger partial charge in [-0.3, -0.25) is 0 Å². The number of aliphatic hydroxyl groups is 1. The number of hydrogen-bond donors (Lipinski definition) is 1. The van der Waals surface area contributed by atoms with E-state index in [0.29, 0.717) is 12.0 Å². The van der Waals surface area contributed by atoms with Gasteiger partial charge in [-0.1, -0.05) is 30.3 Å². The maximum absolute atomic E-state index is 13.6. The van der Waals surface area contributed by atoms with Crippen molar-refractivity contribution >= 4 is 0 Å². The van der Waals surface area contributed by atoms with E-state index in [9.17, 15) is 9.50 Å². The molecule has 1 atom stereocenters. The van der Waals surface area contributed by atoms with Crippen LogP contribution in [0.2, 0.25) is 0 Å². The molecule has 0 heterocycles. The van der Waals surface area contributed by atoms with Crippen LogP contribution in [0.25, 0.3) is 0 Å². The molecule has 0 aromatic heterocycles. The zero-order chi connectivity index (χ0) is 14.2. The van der Waals surface area contributed by atoms with Crippen molar-refractivity contribution in [3.05, 3.63) is 70.5 Å². The highest BCUT2D eigenvalue weighted by Gasteiger charge is 2.35. The van der Waals surface area contributed by atoms with Crippen molar-refractivity contribution in [2.24, 2.45) is 0 Å². The first kappa shape index (κ1) is 13.3. The van der Waals surface area contributed by atoms with Crippen LogP contribution in [0.5, 0.6) is 0 Å². The Labute approximate surface area is 119 Å². The Morgan fingerprint density at radius 1 is 1.05 bits per heavy atom. The molecule has 2 heteroatoms. The van der Waals surface area contributed by atoms with E-state index in [1.165, 1.54) is 17.7 Å². The first-order valence-corrected chi connectivity index (χ1v) is 7.19. The van der Waals surface area contributed by atoms with Gasteiger partial charge >= 0.3 is 0 Å². The number of benzene rings is 2. The Kier molecular flexibility index (Phi) is 3.35. The van der Waals surface area contributed by atoms with Gasteiger partial charge in [0, 0.05) is 0 Å². The molecular weight excluding hydrogens is 251 g/mol. The van der Waals surface area contributed by atoms with E-state index < -0.39 is 5.60 Å². The molecule has 1 N–H and O–H groups in total. The van der Waals surface area contributed by atoms with Crippen LogP contribution in [0, 0.1) is 12.7 Å². The summed E-state index contributed by atoms with van der Waals surface area (Å²) in [4.78, 5) is 0. The Morgan fingerprint density at radius 3 is 2.70 bits per heavy atom. The highest BCUT2D eigenvalue weighted by molar-refractivity contribution is 5.45. The molecule has 104 valence electrons. The van der Waals surface area contributed by atoms with Gasteiger partial charge in [-0.05, 0) is 67.0 Å². The zero-order valence-electron chi connectivity index (χ0n) is 11.7. The lowest BCUT2D eigenvalue weighted by Gasteiger charge is -2.31. The summed E-state index contributed by atoms with van der Waals surface area (Å²) in [5.74, 6) is -0.291. The van der Waals surface area contributed by atoms with Crippen LogP contribution >= 0.6 is 0 Å². The quantitative estimate of drug-likeness (QED) is 0.774. The third-order valence-electron chi connectivity index (χ3n) is 4.34. The minimum absolute atomic E-state index is 0.291. The molecule has 0 saturated heterocycles. The van der Waals surface area contributed by atoms with E-state index in [0.717, 1.165) is 30.4 Å². The molecule has 2 aromatic rings. The van der Waals surface area contributed by atoms with Crippen LogP contribution in [0.3, 0.4) is 0 Å². The highest BCUT2D eigenvalue weighted by atomic mass is 19.1. The summed E-state index contributed by atoms with van der Waals surface area (Å²) in [7, 11) is 0. The highest BCUT2D eigenvalue weighted by Crippen LogP contribution is 2.40. The van der Waals surface area contributed by atoms with Crippen molar-refractivity contribution in [3.8, 4) is 0 Å². The van der Waals surface area contributed by atoms with E-state index in [1.54, 1.807) is 6.07 Å². The van der Waals surface area contributed by atoms with E-state index >= 15 is 0 Å². The third-order valence-corrected chi connectivity index (χ3v) is 4.34. The lowest BCUT2D eigenvalue weighted by Crippen LogP contribution is -2.28. The molecule has 1 nitrogen and oxygen atoms in total. The van der Waals surface area contributed by atoms with Gasteiger partial charge in [-0.2, -0.15) is 0 Å². The summed E-state index contributed by atoms with van der Waals surface area (Å²) in [5.41, 5.74) is 2.68. The SMILES string of the molecule is Cc1ccc(F)cc1C1(O)CCCCc2ccccc21. The van der Waals surface area contributed by atoms with Crippen LogP contribution < -0.4 is 0 Å². The topological polar surface area (TPSA) is 20.2 Å².